The van der Waals surface area contributed by atoms with Crippen molar-refractivity contribution < 1.29 is 9.13 Å². The highest BCUT2D eigenvalue weighted by Gasteiger charge is 2.65. The minimum Gasteiger partial charge on any atom is -0.495 e. The molecule has 0 radical (unpaired) electrons. The van der Waals surface area contributed by atoms with Gasteiger partial charge in [-0.1, -0.05) is 0 Å². The van der Waals surface area contributed by atoms with E-state index in [9.17, 15) is 4.39 Å². The predicted octanol–water partition coefficient (Wildman–Crippen LogP) is 2.87. The van der Waals surface area contributed by atoms with Crippen LogP contribution in [0.1, 0.15) is 19.3 Å². The maximum Gasteiger partial charge on any atom is 0.148 e. The Balaban J connectivity index is 1.55. The lowest BCUT2D eigenvalue weighted by Crippen LogP contribution is -2.14. The van der Waals surface area contributed by atoms with Crippen LogP contribution < -0.4 is 15.8 Å². The summed E-state index contributed by atoms with van der Waals surface area (Å²) in [7, 11) is 1.56. The molecule has 19 heavy (non-hydrogen) atoms. The van der Waals surface area contributed by atoms with E-state index >= 15 is 0 Å². The number of halogens is 1. The monoisotopic (exact) mass is 262 g/mol. The SMILES string of the molecule is COc1cc(NC2C3C4CCC(C4)C23)c(F)cc1N. The maximum atomic E-state index is 13.9. The fourth-order valence-corrected chi connectivity index (χ4v) is 4.55. The van der Waals surface area contributed by atoms with Crippen molar-refractivity contribution in [3.63, 3.8) is 0 Å². The number of benzene rings is 1. The molecule has 0 saturated heterocycles. The van der Waals surface area contributed by atoms with E-state index in [0.717, 1.165) is 23.7 Å². The molecule has 3 aliphatic carbocycles. The Labute approximate surface area is 112 Å². The summed E-state index contributed by atoms with van der Waals surface area (Å²) in [6.07, 6.45) is 4.15. The Hall–Kier alpha value is -1.45. The van der Waals surface area contributed by atoms with Gasteiger partial charge in [0.15, 0.2) is 0 Å². The molecule has 0 heterocycles. The fraction of sp³-hybridized carbons (Fsp3) is 0.600. The summed E-state index contributed by atoms with van der Waals surface area (Å²) in [6.45, 7) is 0. The van der Waals surface area contributed by atoms with Gasteiger partial charge in [-0.15, -0.1) is 0 Å². The summed E-state index contributed by atoms with van der Waals surface area (Å²) in [6, 6.07) is 3.49. The van der Waals surface area contributed by atoms with Crippen molar-refractivity contribution in [1.29, 1.82) is 0 Å². The summed E-state index contributed by atoms with van der Waals surface area (Å²) < 4.78 is 19.1. The average molecular weight is 262 g/mol. The molecule has 4 atom stereocenters. The first-order valence-corrected chi connectivity index (χ1v) is 7.08. The van der Waals surface area contributed by atoms with Gasteiger partial charge in [0, 0.05) is 18.2 Å². The molecule has 0 aromatic heterocycles. The van der Waals surface area contributed by atoms with Crippen molar-refractivity contribution in [2.24, 2.45) is 23.7 Å². The second-order valence-electron chi connectivity index (χ2n) is 6.23. The number of methoxy groups -OCH3 is 1. The number of nitrogens with two attached hydrogens (primary N) is 1. The van der Waals surface area contributed by atoms with Crippen molar-refractivity contribution in [2.45, 2.75) is 25.3 Å². The van der Waals surface area contributed by atoms with Gasteiger partial charge in [-0.25, -0.2) is 4.39 Å². The summed E-state index contributed by atoms with van der Waals surface area (Å²) in [5.41, 5.74) is 6.58. The highest BCUT2D eigenvalue weighted by Crippen LogP contribution is 2.66. The second-order valence-corrected chi connectivity index (χ2v) is 6.23. The van der Waals surface area contributed by atoms with Crippen LogP contribution in [0, 0.1) is 29.5 Å². The van der Waals surface area contributed by atoms with Gasteiger partial charge in [-0.2, -0.15) is 0 Å². The zero-order valence-corrected chi connectivity index (χ0v) is 11.0. The summed E-state index contributed by atoms with van der Waals surface area (Å²) in [5, 5.41) is 3.38. The molecule has 0 aliphatic heterocycles. The normalized spacial score (nSPS) is 38.1. The number of rotatable bonds is 3. The van der Waals surface area contributed by atoms with E-state index in [1.54, 1.807) is 13.2 Å². The first-order valence-electron chi connectivity index (χ1n) is 7.08. The van der Waals surface area contributed by atoms with Gasteiger partial charge in [0.1, 0.15) is 11.6 Å². The van der Waals surface area contributed by atoms with Crippen molar-refractivity contribution in [1.82, 2.24) is 0 Å². The van der Waals surface area contributed by atoms with Crippen LogP contribution in [0.5, 0.6) is 5.75 Å². The molecule has 3 saturated carbocycles. The van der Waals surface area contributed by atoms with E-state index in [4.69, 9.17) is 10.5 Å². The third kappa shape index (κ3) is 1.55. The van der Waals surface area contributed by atoms with Crippen molar-refractivity contribution >= 4 is 11.4 Å². The molecule has 3 fully saturated rings. The first-order chi connectivity index (χ1) is 9.19. The van der Waals surface area contributed by atoms with E-state index < -0.39 is 0 Å². The van der Waals surface area contributed by atoms with E-state index in [-0.39, 0.29) is 5.82 Å². The molecule has 4 rings (SSSR count). The number of nitrogen functional groups attached to an aromatic ring is 1. The maximum absolute atomic E-state index is 13.9. The molecular formula is C15H19FN2O. The number of hydrogen-bond acceptors (Lipinski definition) is 3. The summed E-state index contributed by atoms with van der Waals surface area (Å²) in [5.74, 6) is 3.58. The van der Waals surface area contributed by atoms with Crippen LogP contribution in [-0.4, -0.2) is 13.2 Å². The van der Waals surface area contributed by atoms with Gasteiger partial charge in [-0.3, -0.25) is 0 Å². The molecule has 0 amide bonds. The Morgan fingerprint density at radius 2 is 1.95 bits per heavy atom. The summed E-state index contributed by atoms with van der Waals surface area (Å²) in [4.78, 5) is 0. The van der Waals surface area contributed by atoms with E-state index in [1.165, 1.54) is 25.3 Å². The topological polar surface area (TPSA) is 47.3 Å². The molecule has 3 N–H and O–H groups in total. The Morgan fingerprint density at radius 3 is 2.58 bits per heavy atom. The van der Waals surface area contributed by atoms with Gasteiger partial charge >= 0.3 is 0 Å². The largest absolute Gasteiger partial charge is 0.495 e. The fourth-order valence-electron chi connectivity index (χ4n) is 4.55. The third-order valence-corrected chi connectivity index (χ3v) is 5.38. The standard InChI is InChI=1S/C15H19FN2O/c1-19-12-6-11(9(16)5-10(12)17)18-15-13-7-2-3-8(4-7)14(13)15/h5-8,13-15,18H,2-4,17H2,1H3. The van der Waals surface area contributed by atoms with Crippen molar-refractivity contribution in [2.75, 3.05) is 18.2 Å². The Bertz CT molecular complexity index is 517. The van der Waals surface area contributed by atoms with Crippen molar-refractivity contribution in [3.05, 3.63) is 17.9 Å². The number of nitrogens with one attached hydrogen (secondary N) is 1. The lowest BCUT2D eigenvalue weighted by Gasteiger charge is -2.14. The second kappa shape index (κ2) is 3.78. The Kier molecular flexibility index (Phi) is 2.26. The number of anilines is 2. The number of hydrogen-bond donors (Lipinski definition) is 2. The predicted molar refractivity (Wildman–Crippen MR) is 72.6 cm³/mol. The van der Waals surface area contributed by atoms with Crippen LogP contribution in [0.2, 0.25) is 0 Å². The molecule has 4 unspecified atom stereocenters. The number of ether oxygens (including phenoxy) is 1. The lowest BCUT2D eigenvalue weighted by molar-refractivity contribution is 0.416. The zero-order chi connectivity index (χ0) is 13.1. The Morgan fingerprint density at radius 1 is 1.26 bits per heavy atom. The highest BCUT2D eigenvalue weighted by molar-refractivity contribution is 5.63. The van der Waals surface area contributed by atoms with Crippen molar-refractivity contribution in [3.8, 4) is 5.75 Å². The zero-order valence-electron chi connectivity index (χ0n) is 11.0. The van der Waals surface area contributed by atoms with Gasteiger partial charge in [0.05, 0.1) is 18.5 Å². The van der Waals surface area contributed by atoms with Crippen LogP contribution in [0.15, 0.2) is 12.1 Å². The minimum absolute atomic E-state index is 0.282. The van der Waals surface area contributed by atoms with E-state index in [0.29, 0.717) is 23.2 Å². The van der Waals surface area contributed by atoms with Gasteiger partial charge in [0.25, 0.3) is 0 Å². The molecule has 3 aliphatic rings. The molecule has 4 heteroatoms. The highest BCUT2D eigenvalue weighted by atomic mass is 19.1. The van der Waals surface area contributed by atoms with Gasteiger partial charge < -0.3 is 15.8 Å². The smallest absolute Gasteiger partial charge is 0.148 e. The molecule has 102 valence electrons. The van der Waals surface area contributed by atoms with E-state index in [1.807, 2.05) is 0 Å². The molecular weight excluding hydrogens is 243 g/mol. The summed E-state index contributed by atoms with van der Waals surface area (Å²) >= 11 is 0. The number of fused-ring (bicyclic) bond motifs is 5. The third-order valence-electron chi connectivity index (χ3n) is 5.38. The van der Waals surface area contributed by atoms with Crippen LogP contribution in [0.3, 0.4) is 0 Å². The molecule has 2 bridgehead atoms. The lowest BCUT2D eigenvalue weighted by atomic mass is 10.0. The molecule has 1 aromatic carbocycles. The average Bonchev–Trinajstić information content (AvgIpc) is 2.79. The van der Waals surface area contributed by atoms with Gasteiger partial charge in [0.2, 0.25) is 0 Å². The quantitative estimate of drug-likeness (QED) is 0.823. The van der Waals surface area contributed by atoms with Crippen LogP contribution in [0.25, 0.3) is 0 Å². The molecule has 0 spiro atoms. The van der Waals surface area contributed by atoms with Crippen LogP contribution in [-0.2, 0) is 0 Å². The first kappa shape index (κ1) is 11.4. The minimum atomic E-state index is -0.282. The van der Waals surface area contributed by atoms with Gasteiger partial charge in [-0.05, 0) is 42.9 Å². The molecule has 3 nitrogen and oxygen atoms in total. The van der Waals surface area contributed by atoms with Crippen LogP contribution in [0.4, 0.5) is 15.8 Å². The van der Waals surface area contributed by atoms with Crippen LogP contribution >= 0.6 is 0 Å². The molecule has 1 aromatic rings. The van der Waals surface area contributed by atoms with E-state index in [2.05, 4.69) is 5.32 Å².